The molecule has 2 aromatic rings. The molecule has 3 heterocycles. The zero-order valence-electron chi connectivity index (χ0n) is 18.2. The van der Waals surface area contributed by atoms with E-state index in [4.69, 9.17) is 16.6 Å². The Morgan fingerprint density at radius 2 is 2.00 bits per heavy atom. The molecule has 3 N–H and O–H groups in total. The Morgan fingerprint density at radius 3 is 2.77 bits per heavy atom. The number of hydrogen-bond donors (Lipinski definition) is 3. The summed E-state index contributed by atoms with van der Waals surface area (Å²) in [6, 6.07) is 8.12. The Labute approximate surface area is 189 Å². The number of amides is 1. The van der Waals surface area contributed by atoms with E-state index in [0.29, 0.717) is 29.3 Å². The summed E-state index contributed by atoms with van der Waals surface area (Å²) < 4.78 is 0. The quantitative estimate of drug-likeness (QED) is 0.580. The third-order valence-electron chi connectivity index (χ3n) is 6.53. The minimum atomic E-state index is -0.0263. The van der Waals surface area contributed by atoms with Crippen LogP contribution in [-0.2, 0) is 4.79 Å². The molecule has 2 aliphatic rings. The van der Waals surface area contributed by atoms with Gasteiger partial charge in [-0.05, 0) is 63.3 Å². The Balaban J connectivity index is 1.47. The molecule has 0 spiro atoms. The molecular weight excluding hydrogens is 410 g/mol. The number of nitrogens with zero attached hydrogens (tertiary/aromatic N) is 2. The molecule has 31 heavy (non-hydrogen) atoms. The number of carbonyl (C=O) groups excluding carboxylic acids is 1. The maximum Gasteiger partial charge on any atom is 0.229 e. The average Bonchev–Trinajstić information content (AvgIpc) is 2.81. The molecule has 4 rings (SSSR count). The highest BCUT2D eigenvalue weighted by molar-refractivity contribution is 6.33. The first-order chi connectivity index (χ1) is 15.1. The van der Waals surface area contributed by atoms with E-state index < -0.39 is 0 Å². The van der Waals surface area contributed by atoms with E-state index in [-0.39, 0.29) is 11.8 Å². The Hall–Kier alpha value is -2.18. The van der Waals surface area contributed by atoms with E-state index >= 15 is 0 Å². The highest BCUT2D eigenvalue weighted by Gasteiger charge is 2.22. The predicted octanol–water partition coefficient (Wildman–Crippen LogP) is 5.12. The number of pyridine rings is 2. The molecule has 0 unspecified atom stereocenters. The van der Waals surface area contributed by atoms with E-state index in [1.54, 1.807) is 6.20 Å². The SMILES string of the molecule is C[C@H](Nc1cccc(-c2cc(NC(=O)[C@@H]3CCCNC3)ncc2Cl)n1)C1CCCCC1. The summed E-state index contributed by atoms with van der Waals surface area (Å²) in [4.78, 5) is 21.7. The highest BCUT2D eigenvalue weighted by atomic mass is 35.5. The topological polar surface area (TPSA) is 78.9 Å². The largest absolute Gasteiger partial charge is 0.367 e. The fourth-order valence-corrected chi connectivity index (χ4v) is 4.86. The fourth-order valence-electron chi connectivity index (χ4n) is 4.66. The second-order valence-electron chi connectivity index (χ2n) is 8.82. The third-order valence-corrected chi connectivity index (χ3v) is 6.83. The maximum atomic E-state index is 12.6. The van der Waals surface area contributed by atoms with Crippen LogP contribution in [0.1, 0.15) is 51.9 Å². The normalized spacial score (nSPS) is 20.8. The maximum absolute atomic E-state index is 12.6. The summed E-state index contributed by atoms with van der Waals surface area (Å²) in [5.41, 5.74) is 1.53. The van der Waals surface area contributed by atoms with Gasteiger partial charge in [0.2, 0.25) is 5.91 Å². The highest BCUT2D eigenvalue weighted by Crippen LogP contribution is 2.31. The molecule has 1 aliphatic carbocycles. The van der Waals surface area contributed by atoms with Crippen LogP contribution in [0.2, 0.25) is 5.02 Å². The van der Waals surface area contributed by atoms with Gasteiger partial charge in [0.15, 0.2) is 0 Å². The lowest BCUT2D eigenvalue weighted by Crippen LogP contribution is -2.37. The lowest BCUT2D eigenvalue weighted by molar-refractivity contribution is -0.120. The van der Waals surface area contributed by atoms with Crippen molar-refractivity contribution in [2.75, 3.05) is 23.7 Å². The van der Waals surface area contributed by atoms with Gasteiger partial charge >= 0.3 is 0 Å². The van der Waals surface area contributed by atoms with Gasteiger partial charge in [0, 0.05) is 24.3 Å². The molecule has 166 valence electrons. The van der Waals surface area contributed by atoms with Crippen molar-refractivity contribution in [2.45, 2.75) is 57.9 Å². The van der Waals surface area contributed by atoms with Gasteiger partial charge in [-0.1, -0.05) is 36.9 Å². The molecule has 6 nitrogen and oxygen atoms in total. The first-order valence-electron chi connectivity index (χ1n) is 11.5. The molecule has 0 bridgehead atoms. The molecule has 1 amide bonds. The van der Waals surface area contributed by atoms with Crippen LogP contribution < -0.4 is 16.0 Å². The number of aromatic nitrogens is 2. The van der Waals surface area contributed by atoms with Gasteiger partial charge < -0.3 is 16.0 Å². The zero-order valence-corrected chi connectivity index (χ0v) is 18.9. The first-order valence-corrected chi connectivity index (χ1v) is 11.9. The summed E-state index contributed by atoms with van der Waals surface area (Å²) in [6.07, 6.45) is 10.1. The van der Waals surface area contributed by atoms with E-state index in [9.17, 15) is 4.79 Å². The van der Waals surface area contributed by atoms with Crippen molar-refractivity contribution in [3.05, 3.63) is 35.5 Å². The van der Waals surface area contributed by atoms with Crippen molar-refractivity contribution >= 4 is 29.1 Å². The smallest absolute Gasteiger partial charge is 0.229 e. The standard InChI is InChI=1S/C24H32ClN5O/c1-16(17-7-3-2-4-8-17)28-22-11-5-10-21(29-22)19-13-23(27-15-20(19)25)30-24(31)18-9-6-12-26-14-18/h5,10-11,13,15-18,26H,2-4,6-9,12,14H2,1H3,(H,28,29)(H,27,30,31)/t16-,18+/m0/s1. The second kappa shape index (κ2) is 10.4. The van der Waals surface area contributed by atoms with Crippen molar-refractivity contribution in [2.24, 2.45) is 11.8 Å². The van der Waals surface area contributed by atoms with Crippen LogP contribution in [0.4, 0.5) is 11.6 Å². The van der Waals surface area contributed by atoms with Gasteiger partial charge in [-0.3, -0.25) is 4.79 Å². The molecule has 0 aromatic carbocycles. The van der Waals surface area contributed by atoms with Gasteiger partial charge in [-0.25, -0.2) is 9.97 Å². The third kappa shape index (κ3) is 5.74. The lowest BCUT2D eigenvalue weighted by Gasteiger charge is -2.28. The number of carbonyl (C=O) groups is 1. The van der Waals surface area contributed by atoms with Crippen LogP contribution in [0.25, 0.3) is 11.3 Å². The molecule has 2 aromatic heterocycles. The number of hydrogen-bond acceptors (Lipinski definition) is 5. The molecule has 0 radical (unpaired) electrons. The van der Waals surface area contributed by atoms with Crippen LogP contribution in [0.15, 0.2) is 30.5 Å². The predicted molar refractivity (Wildman–Crippen MR) is 126 cm³/mol. The fraction of sp³-hybridized carbons (Fsp3) is 0.542. The van der Waals surface area contributed by atoms with Crippen molar-refractivity contribution in [1.82, 2.24) is 15.3 Å². The average molecular weight is 442 g/mol. The van der Waals surface area contributed by atoms with Crippen molar-refractivity contribution in [1.29, 1.82) is 0 Å². The molecule has 1 saturated carbocycles. The van der Waals surface area contributed by atoms with E-state index in [2.05, 4.69) is 27.9 Å². The van der Waals surface area contributed by atoms with E-state index in [0.717, 1.165) is 36.5 Å². The van der Waals surface area contributed by atoms with Gasteiger partial charge in [0.05, 0.1) is 16.6 Å². The van der Waals surface area contributed by atoms with Crippen LogP contribution in [-0.4, -0.2) is 35.0 Å². The first kappa shape index (κ1) is 22.0. The number of anilines is 2. The van der Waals surface area contributed by atoms with Gasteiger partial charge in [-0.2, -0.15) is 0 Å². The molecule has 1 saturated heterocycles. The van der Waals surface area contributed by atoms with Gasteiger partial charge in [-0.15, -0.1) is 0 Å². The van der Waals surface area contributed by atoms with Crippen LogP contribution >= 0.6 is 11.6 Å². The molecule has 2 fully saturated rings. The molecule has 7 heteroatoms. The summed E-state index contributed by atoms with van der Waals surface area (Å²) >= 11 is 6.45. The summed E-state index contributed by atoms with van der Waals surface area (Å²) in [5.74, 6) is 2.02. The van der Waals surface area contributed by atoms with Gasteiger partial charge in [0.1, 0.15) is 11.6 Å². The van der Waals surface area contributed by atoms with E-state index in [1.807, 2.05) is 24.3 Å². The van der Waals surface area contributed by atoms with Crippen LogP contribution in [0.5, 0.6) is 0 Å². The minimum Gasteiger partial charge on any atom is -0.367 e. The lowest BCUT2D eigenvalue weighted by atomic mass is 9.84. The number of halogens is 1. The number of nitrogens with one attached hydrogen (secondary N) is 3. The van der Waals surface area contributed by atoms with Crippen LogP contribution in [0, 0.1) is 11.8 Å². The summed E-state index contributed by atoms with van der Waals surface area (Å²) in [7, 11) is 0. The van der Waals surface area contributed by atoms with E-state index in [1.165, 1.54) is 32.1 Å². The molecular formula is C24H32ClN5O. The number of rotatable bonds is 6. The Kier molecular flexibility index (Phi) is 7.41. The molecule has 2 atom stereocenters. The molecule has 1 aliphatic heterocycles. The zero-order chi connectivity index (χ0) is 21.6. The Bertz CT molecular complexity index is 893. The summed E-state index contributed by atoms with van der Waals surface area (Å²) in [6.45, 7) is 3.93. The number of piperidine rings is 1. The van der Waals surface area contributed by atoms with Crippen LogP contribution in [0.3, 0.4) is 0 Å². The van der Waals surface area contributed by atoms with Crippen molar-refractivity contribution in [3.8, 4) is 11.3 Å². The van der Waals surface area contributed by atoms with Crippen molar-refractivity contribution < 1.29 is 4.79 Å². The van der Waals surface area contributed by atoms with Gasteiger partial charge in [0.25, 0.3) is 0 Å². The Morgan fingerprint density at radius 1 is 1.16 bits per heavy atom. The second-order valence-corrected chi connectivity index (χ2v) is 9.23. The van der Waals surface area contributed by atoms with Crippen molar-refractivity contribution in [3.63, 3.8) is 0 Å². The minimum absolute atomic E-state index is 0.00217. The summed E-state index contributed by atoms with van der Waals surface area (Å²) in [5, 5.41) is 10.3. The monoisotopic (exact) mass is 441 g/mol.